The van der Waals surface area contributed by atoms with Crippen LogP contribution in [0.4, 0.5) is 0 Å². The number of carbonyl (C=O) groups excluding carboxylic acids is 1. The van der Waals surface area contributed by atoms with E-state index in [1.165, 1.54) is 63.4 Å². The van der Waals surface area contributed by atoms with E-state index in [9.17, 15) is 4.79 Å². The summed E-state index contributed by atoms with van der Waals surface area (Å²) >= 11 is 0. The summed E-state index contributed by atoms with van der Waals surface area (Å²) in [5.74, 6) is 3.08. The highest BCUT2D eigenvalue weighted by Crippen LogP contribution is 2.33. The van der Waals surface area contributed by atoms with Gasteiger partial charge in [0.25, 0.3) is 0 Å². The molecule has 1 saturated carbocycles. The fraction of sp³-hybridized carbons (Fsp3) is 0.870. The lowest BCUT2D eigenvalue weighted by Gasteiger charge is -2.28. The Kier molecular flexibility index (Phi) is 14.4. The van der Waals surface area contributed by atoms with Crippen LogP contribution in [-0.4, -0.2) is 5.78 Å². The molecule has 1 aliphatic carbocycles. The highest BCUT2D eigenvalue weighted by molar-refractivity contribution is 5.75. The van der Waals surface area contributed by atoms with Crippen LogP contribution in [0.25, 0.3) is 0 Å². The van der Waals surface area contributed by atoms with Gasteiger partial charge in [-0.05, 0) is 57.3 Å². The second kappa shape index (κ2) is 14.7. The Bertz CT molecular complexity index is 329. The molecule has 0 aromatic rings. The molecule has 1 nitrogen and oxygen atoms in total. The molecule has 0 radical (unpaired) electrons. The monoisotopic (exact) mass is 336 g/mol. The molecule has 0 spiro atoms. The summed E-state index contributed by atoms with van der Waals surface area (Å²) in [5, 5.41) is 0. The van der Waals surface area contributed by atoms with Gasteiger partial charge in [0.1, 0.15) is 5.78 Å². The van der Waals surface area contributed by atoms with Crippen molar-refractivity contribution in [2.45, 2.75) is 112 Å². The minimum Gasteiger partial charge on any atom is -0.300 e. The molecule has 0 bridgehead atoms. The molecule has 24 heavy (non-hydrogen) atoms. The first-order valence-electron chi connectivity index (χ1n) is 10.6. The van der Waals surface area contributed by atoms with Crippen molar-refractivity contribution in [2.75, 3.05) is 0 Å². The van der Waals surface area contributed by atoms with Crippen LogP contribution in [0.15, 0.2) is 12.2 Å². The summed E-state index contributed by atoms with van der Waals surface area (Å²) in [6, 6.07) is 0. The summed E-state index contributed by atoms with van der Waals surface area (Å²) in [6.07, 6.45) is 15.7. The van der Waals surface area contributed by atoms with E-state index in [4.69, 9.17) is 0 Å². The quantitative estimate of drug-likeness (QED) is 0.373. The molecule has 0 aromatic heterocycles. The molecule has 1 fully saturated rings. The van der Waals surface area contributed by atoms with Gasteiger partial charge in [-0.3, -0.25) is 0 Å². The Morgan fingerprint density at radius 3 is 2.21 bits per heavy atom. The number of ketones is 1. The van der Waals surface area contributed by atoms with E-state index in [1.54, 1.807) is 6.92 Å². The molecule has 1 aliphatic rings. The zero-order chi connectivity index (χ0) is 18.4. The third kappa shape index (κ3) is 11.9. The van der Waals surface area contributed by atoms with Gasteiger partial charge in [-0.15, -0.1) is 0 Å². The maximum Gasteiger partial charge on any atom is 0.129 e. The van der Waals surface area contributed by atoms with Crippen LogP contribution in [0.1, 0.15) is 112 Å². The molecular weight excluding hydrogens is 292 g/mol. The first-order valence-corrected chi connectivity index (χ1v) is 10.6. The predicted molar refractivity (Wildman–Crippen MR) is 108 cm³/mol. The van der Waals surface area contributed by atoms with Gasteiger partial charge < -0.3 is 4.79 Å². The first-order chi connectivity index (χ1) is 11.4. The fourth-order valence-electron chi connectivity index (χ4n) is 4.03. The first kappa shape index (κ1) is 23.4. The third-order valence-electron chi connectivity index (χ3n) is 5.58. The van der Waals surface area contributed by atoms with E-state index in [-0.39, 0.29) is 0 Å². The van der Waals surface area contributed by atoms with Gasteiger partial charge in [0.15, 0.2) is 0 Å². The Balaban J connectivity index is 0.000000446. The predicted octanol–water partition coefficient (Wildman–Crippen LogP) is 7.74. The number of rotatable bonds is 10. The van der Waals surface area contributed by atoms with Gasteiger partial charge in [-0.1, -0.05) is 77.9 Å². The van der Waals surface area contributed by atoms with Crippen LogP contribution in [0.2, 0.25) is 0 Å². The molecule has 0 N–H and O–H groups in total. The van der Waals surface area contributed by atoms with Gasteiger partial charge >= 0.3 is 0 Å². The number of hydrogen-bond acceptors (Lipinski definition) is 1. The summed E-state index contributed by atoms with van der Waals surface area (Å²) < 4.78 is 0. The second-order valence-corrected chi connectivity index (χ2v) is 8.02. The maximum absolute atomic E-state index is 10.7. The molecule has 0 heterocycles. The van der Waals surface area contributed by atoms with Crippen LogP contribution in [0.3, 0.4) is 0 Å². The van der Waals surface area contributed by atoms with E-state index in [0.717, 1.165) is 31.1 Å². The van der Waals surface area contributed by atoms with Gasteiger partial charge in [0.05, 0.1) is 0 Å². The Morgan fingerprint density at radius 1 is 1.04 bits per heavy atom. The van der Waals surface area contributed by atoms with Crippen molar-refractivity contribution in [2.24, 2.45) is 17.8 Å². The summed E-state index contributed by atoms with van der Waals surface area (Å²) in [4.78, 5) is 10.7. The number of allylic oxidation sites excluding steroid dienone is 1. The van der Waals surface area contributed by atoms with Crippen molar-refractivity contribution in [3.8, 4) is 0 Å². The van der Waals surface area contributed by atoms with Crippen molar-refractivity contribution in [3.63, 3.8) is 0 Å². The molecule has 3 unspecified atom stereocenters. The van der Waals surface area contributed by atoms with E-state index in [1.807, 2.05) is 0 Å². The van der Waals surface area contributed by atoms with Crippen LogP contribution in [-0.2, 0) is 4.79 Å². The molecule has 0 aliphatic heterocycles. The third-order valence-corrected chi connectivity index (χ3v) is 5.58. The summed E-state index contributed by atoms with van der Waals surface area (Å²) in [7, 11) is 0. The minimum atomic E-state index is 0.303. The largest absolute Gasteiger partial charge is 0.300 e. The average molecular weight is 337 g/mol. The molecule has 1 heteroatoms. The molecule has 142 valence electrons. The van der Waals surface area contributed by atoms with Crippen molar-refractivity contribution >= 4 is 5.78 Å². The lowest BCUT2D eigenvalue weighted by Crippen LogP contribution is -2.14. The smallest absolute Gasteiger partial charge is 0.129 e. The van der Waals surface area contributed by atoms with Crippen molar-refractivity contribution in [1.29, 1.82) is 0 Å². The topological polar surface area (TPSA) is 17.1 Å². The highest BCUT2D eigenvalue weighted by atomic mass is 16.1. The molecule has 1 rings (SSSR count). The van der Waals surface area contributed by atoms with Gasteiger partial charge in [0.2, 0.25) is 0 Å². The van der Waals surface area contributed by atoms with Crippen molar-refractivity contribution in [1.82, 2.24) is 0 Å². The van der Waals surface area contributed by atoms with E-state index >= 15 is 0 Å². The van der Waals surface area contributed by atoms with E-state index in [2.05, 4.69) is 34.3 Å². The zero-order valence-electron chi connectivity index (χ0n) is 17.3. The van der Waals surface area contributed by atoms with E-state index < -0.39 is 0 Å². The Hall–Kier alpha value is -0.590. The van der Waals surface area contributed by atoms with Crippen LogP contribution < -0.4 is 0 Å². The van der Waals surface area contributed by atoms with Crippen molar-refractivity contribution < 1.29 is 4.79 Å². The second-order valence-electron chi connectivity index (χ2n) is 8.02. The molecule has 3 atom stereocenters. The van der Waals surface area contributed by atoms with Crippen LogP contribution >= 0.6 is 0 Å². The number of Topliss-reactive ketones (excluding diaryl/α,β-unsaturated/α-hetero) is 1. The number of hydrogen-bond donors (Lipinski definition) is 0. The lowest BCUT2D eigenvalue weighted by atomic mass is 9.78. The minimum absolute atomic E-state index is 0.303. The van der Waals surface area contributed by atoms with Gasteiger partial charge in [-0.2, -0.15) is 0 Å². The standard InChI is InChI=1S/C12H22O.C11H22/c1-5-7-12(10(2)3)9-6-8-11(4)13;1-3-6-11-8-5-7-10(4-2)9-11/h12H,2,5-9H2,1,3-4H3;10-11H,3-9H2,1-2H3. The van der Waals surface area contributed by atoms with Crippen LogP contribution in [0, 0.1) is 17.8 Å². The maximum atomic E-state index is 10.7. The normalized spacial score (nSPS) is 21.5. The SMILES string of the molecule is C=C(C)C(CCC)CCCC(C)=O.CCCC1CCCC(CC)C1. The zero-order valence-corrected chi connectivity index (χ0v) is 17.3. The van der Waals surface area contributed by atoms with Crippen molar-refractivity contribution in [3.05, 3.63) is 12.2 Å². The summed E-state index contributed by atoms with van der Waals surface area (Å²) in [5.41, 5.74) is 1.27. The molecule has 0 aromatic carbocycles. The molecular formula is C23H44O. The van der Waals surface area contributed by atoms with Gasteiger partial charge in [-0.25, -0.2) is 0 Å². The number of carbonyl (C=O) groups is 1. The Labute approximate surface area is 152 Å². The molecule has 0 saturated heterocycles. The fourth-order valence-corrected chi connectivity index (χ4v) is 4.03. The van der Waals surface area contributed by atoms with E-state index in [0.29, 0.717) is 11.7 Å². The highest BCUT2D eigenvalue weighted by Gasteiger charge is 2.19. The Morgan fingerprint density at radius 2 is 1.71 bits per heavy atom. The van der Waals surface area contributed by atoms with Crippen LogP contribution in [0.5, 0.6) is 0 Å². The molecule has 0 amide bonds. The average Bonchev–Trinajstić information content (AvgIpc) is 2.55. The lowest BCUT2D eigenvalue weighted by molar-refractivity contribution is -0.117. The van der Waals surface area contributed by atoms with Gasteiger partial charge in [0, 0.05) is 6.42 Å². The summed E-state index contributed by atoms with van der Waals surface area (Å²) in [6.45, 7) is 14.6.